The molecule has 0 aliphatic carbocycles. The molecule has 1 atom stereocenters. The number of morpholine rings is 1. The van der Waals surface area contributed by atoms with Gasteiger partial charge in [0.1, 0.15) is 12.2 Å². The zero-order chi connectivity index (χ0) is 37.5. The highest BCUT2D eigenvalue weighted by molar-refractivity contribution is 7.83. The van der Waals surface area contributed by atoms with E-state index in [1.54, 1.807) is 16.2 Å². The minimum Gasteiger partial charge on any atom is -0.487 e. The molecule has 2 saturated heterocycles. The van der Waals surface area contributed by atoms with Gasteiger partial charge in [-0.2, -0.15) is 5.26 Å². The lowest BCUT2D eigenvalue weighted by atomic mass is 10.1. The number of ether oxygens (including phenoxy) is 3. The molecular formula is C42H51N5O4S. The summed E-state index contributed by atoms with van der Waals surface area (Å²) < 4.78 is 33.2. The summed E-state index contributed by atoms with van der Waals surface area (Å²) in [5.74, 6) is 0.470. The zero-order valence-corrected chi connectivity index (χ0v) is 32.1. The maximum absolute atomic E-state index is 14.3. The number of allylic oxidation sites excluding steroid dienone is 1. The van der Waals surface area contributed by atoms with Crippen LogP contribution < -0.4 is 9.64 Å². The van der Waals surface area contributed by atoms with E-state index in [0.717, 1.165) is 59.4 Å². The largest absolute Gasteiger partial charge is 0.487 e. The molecule has 2 fully saturated rings. The number of anilines is 1. The van der Waals surface area contributed by atoms with Gasteiger partial charge in [-0.15, -0.1) is 6.58 Å². The molecule has 9 nitrogen and oxygen atoms in total. The lowest BCUT2D eigenvalue weighted by Gasteiger charge is -2.28. The van der Waals surface area contributed by atoms with E-state index in [9.17, 15) is 9.47 Å². The van der Waals surface area contributed by atoms with Gasteiger partial charge >= 0.3 is 0 Å². The Morgan fingerprint density at radius 3 is 2.19 bits per heavy atom. The van der Waals surface area contributed by atoms with Gasteiger partial charge in [0.15, 0.2) is 28.1 Å². The second-order valence-corrected chi connectivity index (χ2v) is 13.0. The molecule has 0 bridgehead atoms. The van der Waals surface area contributed by atoms with Crippen molar-refractivity contribution in [3.8, 4) is 34.3 Å². The molecule has 274 valence electrons. The SMILES string of the molecule is C=CC.CC.CC.Cc1ccc(S(=O)n2c(-c3ccc(N4CCOCC4)cc3)cc3c(-c4ccc(OC5CCOCC5)c(C#N)n4)ccnc32)cc1. The van der Waals surface area contributed by atoms with E-state index >= 15 is 0 Å². The zero-order valence-electron chi connectivity index (χ0n) is 31.3. The van der Waals surface area contributed by atoms with Crippen molar-refractivity contribution in [3.63, 3.8) is 0 Å². The summed E-state index contributed by atoms with van der Waals surface area (Å²) >= 11 is 0. The first kappa shape index (κ1) is 40.0. The minimum absolute atomic E-state index is 0.00545. The number of hydrogen-bond donors (Lipinski definition) is 0. The fraction of sp³-hybridized carbons (Fsp3) is 0.357. The summed E-state index contributed by atoms with van der Waals surface area (Å²) in [4.78, 5) is 12.4. The molecule has 3 aromatic heterocycles. The van der Waals surface area contributed by atoms with Crippen molar-refractivity contribution >= 4 is 27.7 Å². The van der Waals surface area contributed by atoms with Crippen LogP contribution in [0, 0.1) is 18.3 Å². The first-order valence-electron chi connectivity index (χ1n) is 18.2. The molecule has 52 heavy (non-hydrogen) atoms. The topological polar surface area (TPSA) is 102 Å². The van der Waals surface area contributed by atoms with Crippen molar-refractivity contribution in [2.45, 2.75) is 65.4 Å². The van der Waals surface area contributed by atoms with Gasteiger partial charge in [0, 0.05) is 48.8 Å². The maximum atomic E-state index is 14.3. The van der Waals surface area contributed by atoms with E-state index in [-0.39, 0.29) is 11.8 Å². The predicted octanol–water partition coefficient (Wildman–Crippen LogP) is 9.16. The molecule has 5 aromatic rings. The molecule has 2 aromatic carbocycles. The first-order valence-corrected chi connectivity index (χ1v) is 19.3. The highest BCUT2D eigenvalue weighted by Crippen LogP contribution is 2.36. The third-order valence-electron chi connectivity index (χ3n) is 8.29. The first-order chi connectivity index (χ1) is 25.5. The minimum atomic E-state index is -1.57. The van der Waals surface area contributed by atoms with Gasteiger partial charge in [0.2, 0.25) is 0 Å². The quantitative estimate of drug-likeness (QED) is 0.153. The van der Waals surface area contributed by atoms with Crippen LogP contribution in [0.4, 0.5) is 5.69 Å². The van der Waals surface area contributed by atoms with E-state index < -0.39 is 11.0 Å². The number of nitrogens with zero attached hydrogens (tertiary/aromatic N) is 5. The van der Waals surface area contributed by atoms with Gasteiger partial charge in [0.05, 0.1) is 42.7 Å². The van der Waals surface area contributed by atoms with E-state index in [0.29, 0.717) is 48.4 Å². The summed E-state index contributed by atoms with van der Waals surface area (Å²) in [5.41, 5.74) is 6.12. The second-order valence-electron chi connectivity index (χ2n) is 11.6. The fourth-order valence-electron chi connectivity index (χ4n) is 5.84. The maximum Gasteiger partial charge on any atom is 0.183 e. The van der Waals surface area contributed by atoms with Crippen molar-refractivity contribution < 1.29 is 18.4 Å². The van der Waals surface area contributed by atoms with Crippen LogP contribution in [-0.4, -0.2) is 63.8 Å². The molecule has 0 radical (unpaired) electrons. The van der Waals surface area contributed by atoms with Crippen molar-refractivity contribution in [3.05, 3.63) is 103 Å². The smallest absolute Gasteiger partial charge is 0.183 e. The van der Waals surface area contributed by atoms with Crippen molar-refractivity contribution in [2.75, 3.05) is 44.4 Å². The lowest BCUT2D eigenvalue weighted by molar-refractivity contribution is 0.0253. The number of hydrogen-bond acceptors (Lipinski definition) is 8. The molecule has 10 heteroatoms. The number of pyridine rings is 2. The van der Waals surface area contributed by atoms with Gasteiger partial charge in [-0.1, -0.05) is 63.6 Å². The average Bonchev–Trinajstić information content (AvgIpc) is 3.61. The lowest BCUT2D eigenvalue weighted by Crippen LogP contribution is -2.36. The monoisotopic (exact) mass is 721 g/mol. The molecule has 0 spiro atoms. The summed E-state index contributed by atoms with van der Waals surface area (Å²) in [6, 6.07) is 25.9. The van der Waals surface area contributed by atoms with Gasteiger partial charge in [0.25, 0.3) is 0 Å². The third kappa shape index (κ3) is 9.53. The van der Waals surface area contributed by atoms with Gasteiger partial charge < -0.3 is 19.1 Å². The summed E-state index contributed by atoms with van der Waals surface area (Å²) in [7, 11) is -1.57. The number of fused-ring (bicyclic) bond motifs is 1. The van der Waals surface area contributed by atoms with Crippen LogP contribution in [0.3, 0.4) is 0 Å². The molecular weight excluding hydrogens is 671 g/mol. The average molecular weight is 722 g/mol. The highest BCUT2D eigenvalue weighted by Gasteiger charge is 2.23. The number of benzene rings is 2. The molecule has 7 rings (SSSR count). The normalized spacial score (nSPS) is 14.7. The van der Waals surface area contributed by atoms with Gasteiger partial charge in [-0.05, 0) is 67.9 Å². The molecule has 5 heterocycles. The van der Waals surface area contributed by atoms with Gasteiger partial charge in [-0.3, -0.25) is 0 Å². The Labute approximate surface area is 311 Å². The molecule has 0 N–H and O–H groups in total. The van der Waals surface area contributed by atoms with Crippen molar-refractivity contribution in [2.24, 2.45) is 0 Å². The number of aryl methyl sites for hydroxylation is 1. The van der Waals surface area contributed by atoms with Crippen molar-refractivity contribution in [1.82, 2.24) is 13.9 Å². The van der Waals surface area contributed by atoms with Crippen LogP contribution in [0.15, 0.2) is 96.5 Å². The number of rotatable bonds is 7. The Morgan fingerprint density at radius 1 is 0.923 bits per heavy atom. The van der Waals surface area contributed by atoms with Crippen LogP contribution in [0.25, 0.3) is 33.5 Å². The Hall–Kier alpha value is -4.82. The standard InChI is InChI=1S/C35H33N5O4S.C3H6.2C2H6/c1-24-2-8-28(9-3-24)45(41)40-33(25-4-6-26(7-5-25)39-16-20-43-21-17-39)22-30-29(12-15-37-35(30)40)31-10-11-34(32(23-36)38-31)44-27-13-18-42-19-14-27;1-3-2;2*1-2/h2-12,15,22,27H,13-14,16-21H2,1H3;3H,1H2,2H3;2*1-2H3. The van der Waals surface area contributed by atoms with E-state index in [2.05, 4.69) is 41.8 Å². The van der Waals surface area contributed by atoms with Crippen LogP contribution in [-0.2, 0) is 20.5 Å². The molecule has 2 aliphatic heterocycles. The molecule has 2 aliphatic rings. The Bertz CT molecular complexity index is 1940. The van der Waals surface area contributed by atoms with E-state index in [1.165, 1.54) is 0 Å². The Kier molecular flexibility index (Phi) is 15.6. The van der Waals surface area contributed by atoms with Crippen LogP contribution in [0.1, 0.15) is 58.7 Å². The fourth-order valence-corrected chi connectivity index (χ4v) is 7.06. The predicted molar refractivity (Wildman–Crippen MR) is 212 cm³/mol. The third-order valence-corrected chi connectivity index (χ3v) is 9.67. The summed E-state index contributed by atoms with van der Waals surface area (Å²) in [5, 5.41) is 10.8. The number of aromatic nitrogens is 3. The van der Waals surface area contributed by atoms with Crippen LogP contribution >= 0.6 is 0 Å². The molecule has 1 unspecified atom stereocenters. The Balaban J connectivity index is 0.000000810. The molecule has 0 saturated carbocycles. The van der Waals surface area contributed by atoms with Crippen LogP contribution in [0.5, 0.6) is 5.75 Å². The van der Waals surface area contributed by atoms with Gasteiger partial charge in [-0.25, -0.2) is 18.1 Å². The van der Waals surface area contributed by atoms with Crippen LogP contribution in [0.2, 0.25) is 0 Å². The molecule has 0 amide bonds. The summed E-state index contributed by atoms with van der Waals surface area (Å²) in [6.07, 6.45) is 5.00. The van der Waals surface area contributed by atoms with E-state index in [1.807, 2.05) is 90.1 Å². The Morgan fingerprint density at radius 2 is 1.56 bits per heavy atom. The van der Waals surface area contributed by atoms with E-state index in [4.69, 9.17) is 24.2 Å². The highest BCUT2D eigenvalue weighted by atomic mass is 32.2. The summed E-state index contributed by atoms with van der Waals surface area (Å²) in [6.45, 7) is 19.7. The second kappa shape index (κ2) is 20.3. The van der Waals surface area contributed by atoms with Crippen molar-refractivity contribution in [1.29, 1.82) is 5.26 Å². The number of nitriles is 1.